The van der Waals surface area contributed by atoms with Crippen molar-refractivity contribution in [3.63, 3.8) is 0 Å². The first-order chi connectivity index (χ1) is 14.7. The average Bonchev–Trinajstić information content (AvgIpc) is 3.37. The molecule has 7 nitrogen and oxygen atoms in total. The number of para-hydroxylation sites is 1. The minimum atomic E-state index is -0.124. The number of benzene rings is 2. The normalized spacial score (nSPS) is 15.7. The Morgan fingerprint density at radius 2 is 2.10 bits per heavy atom. The van der Waals surface area contributed by atoms with Gasteiger partial charge in [0.1, 0.15) is 5.82 Å². The highest BCUT2D eigenvalue weighted by atomic mass is 32.1. The van der Waals surface area contributed by atoms with Gasteiger partial charge in [-0.3, -0.25) is 4.79 Å². The van der Waals surface area contributed by atoms with Crippen molar-refractivity contribution in [3.8, 4) is 16.6 Å². The predicted octanol–water partition coefficient (Wildman–Crippen LogP) is 4.36. The quantitative estimate of drug-likeness (QED) is 0.519. The van der Waals surface area contributed by atoms with Crippen molar-refractivity contribution >= 4 is 33.3 Å². The number of rotatable bonds is 5. The second kappa shape index (κ2) is 7.46. The summed E-state index contributed by atoms with van der Waals surface area (Å²) in [5.41, 5.74) is 2.85. The third-order valence-electron chi connectivity index (χ3n) is 5.17. The van der Waals surface area contributed by atoms with E-state index in [1.165, 1.54) is 0 Å². The Morgan fingerprint density at radius 3 is 2.90 bits per heavy atom. The summed E-state index contributed by atoms with van der Waals surface area (Å²) < 4.78 is 13.9. The maximum absolute atomic E-state index is 12.6. The summed E-state index contributed by atoms with van der Waals surface area (Å²) in [4.78, 5) is 17.2. The topological polar surface area (TPSA) is 78.3 Å². The Kier molecular flexibility index (Phi) is 4.63. The summed E-state index contributed by atoms with van der Waals surface area (Å²) in [5.74, 6) is 1.84. The fraction of sp³-hybridized carbons (Fsp3) is 0.227. The number of thiazole rings is 1. The molecule has 0 aliphatic carbocycles. The van der Waals surface area contributed by atoms with Gasteiger partial charge in [-0.25, -0.2) is 4.98 Å². The number of fused-ring (bicyclic) bond motifs is 2. The summed E-state index contributed by atoms with van der Waals surface area (Å²) in [6, 6.07) is 13.8. The van der Waals surface area contributed by atoms with Crippen LogP contribution in [0, 0.1) is 0 Å². The summed E-state index contributed by atoms with van der Waals surface area (Å²) in [6.45, 7) is 2.49. The van der Waals surface area contributed by atoms with Crippen molar-refractivity contribution < 1.29 is 14.3 Å². The summed E-state index contributed by atoms with van der Waals surface area (Å²) >= 11 is 1.54. The van der Waals surface area contributed by atoms with Crippen LogP contribution in [-0.2, 0) is 4.79 Å². The Bertz CT molecular complexity index is 1210. The third-order valence-corrected chi connectivity index (χ3v) is 6.19. The van der Waals surface area contributed by atoms with Gasteiger partial charge >= 0.3 is 0 Å². The molecule has 0 fully saturated rings. The summed E-state index contributed by atoms with van der Waals surface area (Å²) in [6.07, 6.45) is 2.16. The van der Waals surface area contributed by atoms with Crippen molar-refractivity contribution in [2.75, 3.05) is 19.0 Å². The van der Waals surface area contributed by atoms with Crippen LogP contribution in [0.25, 0.3) is 15.3 Å². The van der Waals surface area contributed by atoms with Gasteiger partial charge in [0.25, 0.3) is 0 Å². The molecule has 0 spiro atoms. The largest absolute Gasteiger partial charge is 0.493 e. The van der Waals surface area contributed by atoms with Crippen molar-refractivity contribution in [2.24, 2.45) is 0 Å². The minimum Gasteiger partial charge on any atom is -0.493 e. The molecule has 1 unspecified atom stereocenters. The van der Waals surface area contributed by atoms with Crippen molar-refractivity contribution in [1.82, 2.24) is 14.8 Å². The van der Waals surface area contributed by atoms with Crippen LogP contribution in [0.5, 0.6) is 11.5 Å². The monoisotopic (exact) mass is 420 g/mol. The molecule has 4 aromatic rings. The minimum absolute atomic E-state index is 0.0526. The number of methoxy groups -OCH3 is 1. The van der Waals surface area contributed by atoms with Gasteiger partial charge in [0.05, 0.1) is 30.1 Å². The molecule has 0 radical (unpaired) electrons. The van der Waals surface area contributed by atoms with Crippen LogP contribution in [0.3, 0.4) is 0 Å². The molecule has 8 heteroatoms. The zero-order chi connectivity index (χ0) is 20.7. The van der Waals surface area contributed by atoms with Gasteiger partial charge in [-0.15, -0.1) is 0 Å². The zero-order valence-electron chi connectivity index (χ0n) is 16.6. The Morgan fingerprint density at radius 1 is 1.23 bits per heavy atom. The SMILES string of the molecule is CCOc1ccc(C2CC(=O)Nc3c2cnn3-c2nc3ccccc3s2)cc1OC. The molecule has 0 saturated carbocycles. The molecule has 1 aliphatic rings. The Balaban J connectivity index is 1.57. The molecule has 2 aromatic heterocycles. The number of hydrogen-bond acceptors (Lipinski definition) is 6. The van der Waals surface area contributed by atoms with Crippen molar-refractivity contribution in [3.05, 3.63) is 59.8 Å². The van der Waals surface area contributed by atoms with Gasteiger partial charge in [0.2, 0.25) is 11.0 Å². The first-order valence-electron chi connectivity index (χ1n) is 9.72. The molecule has 0 saturated heterocycles. The van der Waals surface area contributed by atoms with E-state index < -0.39 is 0 Å². The smallest absolute Gasteiger partial charge is 0.226 e. The average molecular weight is 420 g/mol. The number of hydrogen-bond donors (Lipinski definition) is 1. The summed E-state index contributed by atoms with van der Waals surface area (Å²) in [5, 5.41) is 8.27. The second-order valence-electron chi connectivity index (χ2n) is 6.97. The number of amides is 1. The lowest BCUT2D eigenvalue weighted by Crippen LogP contribution is -2.24. The molecule has 1 amide bonds. The van der Waals surface area contributed by atoms with Gasteiger partial charge in [-0.2, -0.15) is 9.78 Å². The number of carbonyl (C=O) groups excluding carboxylic acids is 1. The van der Waals surface area contributed by atoms with E-state index in [1.807, 2.05) is 55.6 Å². The number of anilines is 1. The molecule has 3 heterocycles. The van der Waals surface area contributed by atoms with E-state index in [-0.39, 0.29) is 11.8 Å². The molecule has 30 heavy (non-hydrogen) atoms. The number of carbonyl (C=O) groups is 1. The molecule has 1 aliphatic heterocycles. The highest BCUT2D eigenvalue weighted by molar-refractivity contribution is 7.20. The maximum Gasteiger partial charge on any atom is 0.226 e. The van der Waals surface area contributed by atoms with Crippen LogP contribution in [0.15, 0.2) is 48.7 Å². The predicted molar refractivity (Wildman–Crippen MR) is 116 cm³/mol. The van der Waals surface area contributed by atoms with Crippen LogP contribution in [-0.4, -0.2) is 34.4 Å². The maximum atomic E-state index is 12.6. The number of ether oxygens (including phenoxy) is 2. The third kappa shape index (κ3) is 3.09. The number of nitrogens with zero attached hydrogens (tertiary/aromatic N) is 3. The van der Waals surface area contributed by atoms with Crippen LogP contribution in [0.2, 0.25) is 0 Å². The fourth-order valence-corrected chi connectivity index (χ4v) is 4.72. The van der Waals surface area contributed by atoms with E-state index in [4.69, 9.17) is 9.47 Å². The molecule has 5 rings (SSSR count). The van der Waals surface area contributed by atoms with Gasteiger partial charge < -0.3 is 14.8 Å². The molecular formula is C22H20N4O3S. The van der Waals surface area contributed by atoms with Crippen LogP contribution in [0.1, 0.15) is 30.4 Å². The van der Waals surface area contributed by atoms with Gasteiger partial charge in [0, 0.05) is 17.9 Å². The lowest BCUT2D eigenvalue weighted by atomic mass is 9.87. The van der Waals surface area contributed by atoms with Gasteiger partial charge in [-0.05, 0) is 36.8 Å². The molecule has 1 atom stereocenters. The van der Waals surface area contributed by atoms with E-state index in [1.54, 1.807) is 23.1 Å². The first kappa shape index (κ1) is 18.6. The molecular weight excluding hydrogens is 400 g/mol. The molecule has 0 bridgehead atoms. The Labute approximate surface area is 177 Å². The van der Waals surface area contributed by atoms with Crippen molar-refractivity contribution in [1.29, 1.82) is 0 Å². The van der Waals surface area contributed by atoms with Gasteiger partial charge in [0.15, 0.2) is 11.5 Å². The van der Waals surface area contributed by atoms with Crippen molar-refractivity contribution in [2.45, 2.75) is 19.3 Å². The van der Waals surface area contributed by atoms with E-state index in [2.05, 4.69) is 15.4 Å². The fourth-order valence-electron chi connectivity index (χ4n) is 3.79. The van der Waals surface area contributed by atoms with E-state index in [0.29, 0.717) is 30.3 Å². The lowest BCUT2D eigenvalue weighted by molar-refractivity contribution is -0.116. The zero-order valence-corrected chi connectivity index (χ0v) is 17.4. The van der Waals surface area contributed by atoms with Crippen LogP contribution < -0.4 is 14.8 Å². The number of nitrogens with one attached hydrogen (secondary N) is 1. The highest BCUT2D eigenvalue weighted by Crippen LogP contribution is 2.41. The van der Waals surface area contributed by atoms with E-state index in [9.17, 15) is 4.79 Å². The summed E-state index contributed by atoms with van der Waals surface area (Å²) in [7, 11) is 1.62. The second-order valence-corrected chi connectivity index (χ2v) is 7.98. The van der Waals surface area contributed by atoms with Gasteiger partial charge in [-0.1, -0.05) is 29.5 Å². The number of aromatic nitrogens is 3. The standard InChI is InChI=1S/C22H20N4O3S/c1-3-29-17-9-8-13(10-18(17)28-2)14-11-20(27)25-21-15(14)12-23-26(21)22-24-16-6-4-5-7-19(16)30-22/h4-10,12,14H,3,11H2,1-2H3,(H,25,27). The highest BCUT2D eigenvalue weighted by Gasteiger charge is 2.31. The van der Waals surface area contributed by atoms with E-state index in [0.717, 1.165) is 26.5 Å². The first-order valence-corrected chi connectivity index (χ1v) is 10.5. The van der Waals surface area contributed by atoms with E-state index >= 15 is 0 Å². The molecule has 152 valence electrons. The Hall–Kier alpha value is -3.39. The molecule has 2 aromatic carbocycles. The van der Waals surface area contributed by atoms with Crippen LogP contribution in [0.4, 0.5) is 5.82 Å². The van der Waals surface area contributed by atoms with Crippen LogP contribution >= 0.6 is 11.3 Å². The lowest BCUT2D eigenvalue weighted by Gasteiger charge is -2.24. The molecule has 1 N–H and O–H groups in total.